The van der Waals surface area contributed by atoms with E-state index in [0.717, 1.165) is 22.8 Å². The second-order valence-electron chi connectivity index (χ2n) is 4.78. The minimum atomic E-state index is -0.690. The lowest BCUT2D eigenvalue weighted by Crippen LogP contribution is -2.20. The van der Waals surface area contributed by atoms with E-state index in [1.54, 1.807) is 6.07 Å². The molecule has 2 aromatic rings. The number of nitriles is 1. The van der Waals surface area contributed by atoms with Crippen molar-refractivity contribution in [1.82, 2.24) is 4.57 Å². The first-order chi connectivity index (χ1) is 11.3. The number of hydrogen-bond donors (Lipinski definition) is 2. The molecule has 0 saturated heterocycles. The molecule has 10 nitrogen and oxygen atoms in total. The number of rotatable bonds is 3. The van der Waals surface area contributed by atoms with Crippen LogP contribution in [-0.2, 0) is 7.05 Å². The summed E-state index contributed by atoms with van der Waals surface area (Å²) in [4.78, 5) is 21.9. The van der Waals surface area contributed by atoms with E-state index in [4.69, 9.17) is 5.26 Å². The third-order valence-corrected chi connectivity index (χ3v) is 3.32. The molecule has 10 heteroatoms. The Kier molecular flexibility index (Phi) is 4.28. The number of phenolic OH excluding ortho intramolecular Hbond substituents is 1. The molecule has 0 amide bonds. The van der Waals surface area contributed by atoms with Crippen LogP contribution in [0, 0.1) is 28.4 Å². The highest BCUT2D eigenvalue weighted by Crippen LogP contribution is 2.35. The van der Waals surface area contributed by atoms with Crippen LogP contribution >= 0.6 is 0 Å². The highest BCUT2D eigenvalue weighted by Gasteiger charge is 2.17. The first kappa shape index (κ1) is 16.6. The topological polar surface area (TPSA) is 154 Å². The fourth-order valence-corrected chi connectivity index (χ4v) is 1.93. The number of azo groups is 1. The van der Waals surface area contributed by atoms with Crippen molar-refractivity contribution in [3.8, 4) is 17.7 Å². The number of aromatic nitrogens is 1. The van der Waals surface area contributed by atoms with Gasteiger partial charge in [0.25, 0.3) is 11.2 Å². The molecule has 0 aliphatic carbocycles. The van der Waals surface area contributed by atoms with Crippen LogP contribution < -0.4 is 5.56 Å². The molecule has 1 aromatic carbocycles. The van der Waals surface area contributed by atoms with E-state index in [9.17, 15) is 25.1 Å². The van der Waals surface area contributed by atoms with Crippen molar-refractivity contribution in [2.24, 2.45) is 17.3 Å². The van der Waals surface area contributed by atoms with E-state index >= 15 is 0 Å². The summed E-state index contributed by atoms with van der Waals surface area (Å²) in [5.41, 5.74) is -1.46. The number of nitro benzene ring substituents is 1. The van der Waals surface area contributed by atoms with Crippen LogP contribution in [0.15, 0.2) is 33.2 Å². The molecule has 122 valence electrons. The number of benzene rings is 1. The van der Waals surface area contributed by atoms with Crippen LogP contribution in [0.4, 0.5) is 17.1 Å². The van der Waals surface area contributed by atoms with Crippen molar-refractivity contribution in [1.29, 1.82) is 5.26 Å². The molecule has 24 heavy (non-hydrogen) atoms. The van der Waals surface area contributed by atoms with Gasteiger partial charge < -0.3 is 10.2 Å². The predicted molar refractivity (Wildman–Crippen MR) is 81.7 cm³/mol. The third kappa shape index (κ3) is 2.78. The molecule has 0 unspecified atom stereocenters. The Balaban J connectivity index is 2.61. The zero-order valence-corrected chi connectivity index (χ0v) is 12.6. The molecule has 0 bridgehead atoms. The molecule has 0 atom stereocenters. The lowest BCUT2D eigenvalue weighted by molar-refractivity contribution is -0.384. The van der Waals surface area contributed by atoms with Gasteiger partial charge in [0, 0.05) is 24.7 Å². The molecular formula is C14H11N5O5. The Morgan fingerprint density at radius 3 is 2.58 bits per heavy atom. The van der Waals surface area contributed by atoms with Gasteiger partial charge in [0.15, 0.2) is 5.69 Å². The quantitative estimate of drug-likeness (QED) is 0.500. The molecular weight excluding hydrogens is 318 g/mol. The van der Waals surface area contributed by atoms with Crippen LogP contribution in [0.3, 0.4) is 0 Å². The third-order valence-electron chi connectivity index (χ3n) is 3.32. The maximum Gasteiger partial charge on any atom is 0.271 e. The summed E-state index contributed by atoms with van der Waals surface area (Å²) in [6, 6.07) is 4.90. The number of aromatic hydroxyl groups is 2. The van der Waals surface area contributed by atoms with Gasteiger partial charge in [-0.3, -0.25) is 19.5 Å². The summed E-state index contributed by atoms with van der Waals surface area (Å²) in [5, 5.41) is 46.9. The summed E-state index contributed by atoms with van der Waals surface area (Å²) in [5.74, 6) is -0.878. The van der Waals surface area contributed by atoms with Crippen LogP contribution in [0.2, 0.25) is 0 Å². The van der Waals surface area contributed by atoms with Crippen LogP contribution in [0.5, 0.6) is 11.6 Å². The average Bonchev–Trinajstić information content (AvgIpc) is 2.54. The standard InChI is InChI=1S/C14H11N5O5/c1-7-9(6-15)13(21)18(2)14(22)12(7)17-16-10-5-8(19(23)24)3-4-11(10)20/h3-5,20,22H,1-2H3. The van der Waals surface area contributed by atoms with Gasteiger partial charge >= 0.3 is 0 Å². The normalized spacial score (nSPS) is 10.7. The highest BCUT2D eigenvalue weighted by molar-refractivity contribution is 5.60. The zero-order valence-electron chi connectivity index (χ0n) is 12.6. The Morgan fingerprint density at radius 2 is 2.00 bits per heavy atom. The molecule has 0 spiro atoms. The summed E-state index contributed by atoms with van der Waals surface area (Å²) in [6.45, 7) is 1.40. The molecule has 0 aliphatic heterocycles. The van der Waals surface area contributed by atoms with Gasteiger partial charge in [0.05, 0.1) is 4.92 Å². The molecule has 1 heterocycles. The van der Waals surface area contributed by atoms with Gasteiger partial charge in [0.1, 0.15) is 23.1 Å². The first-order valence-corrected chi connectivity index (χ1v) is 6.49. The van der Waals surface area contributed by atoms with Gasteiger partial charge in [0.2, 0.25) is 5.88 Å². The average molecular weight is 329 g/mol. The van der Waals surface area contributed by atoms with E-state index in [1.165, 1.54) is 14.0 Å². The van der Waals surface area contributed by atoms with Gasteiger partial charge in [-0.2, -0.15) is 5.26 Å². The number of nitro groups is 1. The van der Waals surface area contributed by atoms with Crippen molar-refractivity contribution in [2.75, 3.05) is 0 Å². The Morgan fingerprint density at radius 1 is 1.33 bits per heavy atom. The van der Waals surface area contributed by atoms with E-state index in [1.807, 2.05) is 0 Å². The van der Waals surface area contributed by atoms with Crippen molar-refractivity contribution in [3.05, 3.63) is 49.8 Å². The van der Waals surface area contributed by atoms with E-state index in [0.29, 0.717) is 0 Å². The fourth-order valence-electron chi connectivity index (χ4n) is 1.93. The Labute approximate surface area is 134 Å². The van der Waals surface area contributed by atoms with Crippen LogP contribution in [0.25, 0.3) is 0 Å². The van der Waals surface area contributed by atoms with Gasteiger partial charge in [-0.25, -0.2) is 0 Å². The predicted octanol–water partition coefficient (Wildman–Crippen LogP) is 2.30. The van der Waals surface area contributed by atoms with Crippen LogP contribution in [-0.4, -0.2) is 19.7 Å². The highest BCUT2D eigenvalue weighted by atomic mass is 16.6. The minimum Gasteiger partial charge on any atom is -0.506 e. The van der Waals surface area contributed by atoms with Crippen LogP contribution in [0.1, 0.15) is 11.1 Å². The van der Waals surface area contributed by atoms with E-state index in [2.05, 4.69) is 10.2 Å². The van der Waals surface area contributed by atoms with Gasteiger partial charge in [-0.05, 0) is 13.0 Å². The monoisotopic (exact) mass is 329 g/mol. The lowest BCUT2D eigenvalue weighted by Gasteiger charge is -2.08. The van der Waals surface area contributed by atoms with Crippen molar-refractivity contribution in [2.45, 2.75) is 6.92 Å². The Hall–Kier alpha value is -3.74. The summed E-state index contributed by atoms with van der Waals surface area (Å²) >= 11 is 0. The molecule has 0 radical (unpaired) electrons. The second kappa shape index (κ2) is 6.17. The number of nitrogens with zero attached hydrogens (tertiary/aromatic N) is 5. The maximum absolute atomic E-state index is 11.8. The SMILES string of the molecule is Cc1c(N=Nc2cc([N+](=O)[O-])ccc2O)c(O)n(C)c(=O)c1C#N. The van der Waals surface area contributed by atoms with E-state index < -0.39 is 16.4 Å². The van der Waals surface area contributed by atoms with Gasteiger partial charge in [-0.15, -0.1) is 10.2 Å². The largest absolute Gasteiger partial charge is 0.506 e. The molecule has 2 rings (SSSR count). The van der Waals surface area contributed by atoms with E-state index in [-0.39, 0.29) is 33.9 Å². The summed E-state index contributed by atoms with van der Waals surface area (Å²) in [6.07, 6.45) is 0. The number of phenols is 1. The molecule has 0 aliphatic rings. The van der Waals surface area contributed by atoms with Crippen molar-refractivity contribution >= 4 is 17.1 Å². The molecule has 0 saturated carbocycles. The Bertz CT molecular complexity index is 971. The molecule has 2 N–H and O–H groups in total. The smallest absolute Gasteiger partial charge is 0.271 e. The van der Waals surface area contributed by atoms with Crippen molar-refractivity contribution < 1.29 is 15.1 Å². The summed E-state index contributed by atoms with van der Waals surface area (Å²) < 4.78 is 0.827. The fraction of sp³-hybridized carbons (Fsp3) is 0.143. The molecule has 1 aromatic heterocycles. The number of hydrogen-bond acceptors (Lipinski definition) is 8. The zero-order chi connectivity index (χ0) is 18.0. The van der Waals surface area contributed by atoms with Crippen molar-refractivity contribution in [3.63, 3.8) is 0 Å². The number of pyridine rings is 1. The number of non-ortho nitro benzene ring substituents is 1. The minimum absolute atomic E-state index is 0.103. The lowest BCUT2D eigenvalue weighted by atomic mass is 10.1. The second-order valence-corrected chi connectivity index (χ2v) is 4.78. The van der Waals surface area contributed by atoms with Gasteiger partial charge in [-0.1, -0.05) is 0 Å². The summed E-state index contributed by atoms with van der Waals surface area (Å²) in [7, 11) is 1.25. The first-order valence-electron chi connectivity index (χ1n) is 6.49. The molecule has 0 fully saturated rings. The maximum atomic E-state index is 11.8.